The summed E-state index contributed by atoms with van der Waals surface area (Å²) in [7, 11) is 0. The second-order valence-corrected chi connectivity index (χ2v) is 11.8. The first-order valence-corrected chi connectivity index (χ1v) is 14.0. The minimum atomic E-state index is -0.818. The van der Waals surface area contributed by atoms with E-state index in [0.717, 1.165) is 37.0 Å². The number of likely N-dealkylation sites (tertiary alicyclic amines) is 1. The Bertz CT molecular complexity index is 1020. The zero-order valence-electron chi connectivity index (χ0n) is 23.3. The van der Waals surface area contributed by atoms with Crippen molar-refractivity contribution in [3.05, 3.63) is 29.8 Å². The second kappa shape index (κ2) is 12.6. The lowest BCUT2D eigenvalue weighted by Crippen LogP contribution is -2.65. The van der Waals surface area contributed by atoms with Crippen molar-refractivity contribution in [2.75, 3.05) is 33.0 Å². The fourth-order valence-corrected chi connectivity index (χ4v) is 5.84. The molecule has 1 aromatic rings. The molecule has 1 spiro atoms. The van der Waals surface area contributed by atoms with Gasteiger partial charge in [-0.3, -0.25) is 9.59 Å². The number of carbonyl (C=O) groups excluding carboxylic acids is 2. The number of nitrogens with one attached hydrogen (secondary N) is 1. The number of nitrogens with zero attached hydrogens (tertiary/aromatic N) is 1. The first-order chi connectivity index (χ1) is 18.6. The van der Waals surface area contributed by atoms with E-state index in [4.69, 9.17) is 24.1 Å². The first-order valence-electron chi connectivity index (χ1n) is 14.0. The zero-order chi connectivity index (χ0) is 28.0. The minimum absolute atomic E-state index is 0.0243. The second-order valence-electron chi connectivity index (χ2n) is 11.8. The minimum Gasteiger partial charge on any atom is -0.493 e. The summed E-state index contributed by atoms with van der Waals surface area (Å²) >= 11 is 0. The molecule has 39 heavy (non-hydrogen) atoms. The van der Waals surface area contributed by atoms with Gasteiger partial charge in [-0.1, -0.05) is 18.2 Å². The van der Waals surface area contributed by atoms with Gasteiger partial charge < -0.3 is 34.3 Å². The summed E-state index contributed by atoms with van der Waals surface area (Å²) in [5.74, 6) is 0.159. The van der Waals surface area contributed by atoms with Crippen molar-refractivity contribution >= 4 is 18.0 Å². The van der Waals surface area contributed by atoms with E-state index in [0.29, 0.717) is 45.1 Å². The van der Waals surface area contributed by atoms with E-state index in [1.54, 1.807) is 4.90 Å². The van der Waals surface area contributed by atoms with Gasteiger partial charge in [-0.15, -0.1) is 0 Å². The highest BCUT2D eigenvalue weighted by molar-refractivity contribution is 5.79. The van der Waals surface area contributed by atoms with E-state index >= 15 is 0 Å². The van der Waals surface area contributed by atoms with E-state index in [-0.39, 0.29) is 31.1 Å². The van der Waals surface area contributed by atoms with Gasteiger partial charge in [-0.25, -0.2) is 4.79 Å². The quantitative estimate of drug-likeness (QED) is 0.448. The summed E-state index contributed by atoms with van der Waals surface area (Å²) in [5, 5.41) is 12.0. The third-order valence-corrected chi connectivity index (χ3v) is 7.74. The van der Waals surface area contributed by atoms with Gasteiger partial charge in [0.15, 0.2) is 0 Å². The maximum absolute atomic E-state index is 13.0. The summed E-state index contributed by atoms with van der Waals surface area (Å²) in [6.07, 6.45) is 4.39. The van der Waals surface area contributed by atoms with Crippen LogP contribution < -0.4 is 10.1 Å². The van der Waals surface area contributed by atoms with Gasteiger partial charge in [0.2, 0.25) is 5.91 Å². The number of hydrogen-bond acceptors (Lipinski definition) is 7. The smallest absolute Gasteiger partial charge is 0.410 e. The monoisotopic (exact) mass is 546 g/mol. The van der Waals surface area contributed by atoms with Crippen LogP contribution in [0.15, 0.2) is 24.3 Å². The van der Waals surface area contributed by atoms with Crippen molar-refractivity contribution < 1.29 is 38.4 Å². The van der Waals surface area contributed by atoms with Crippen LogP contribution in [0.25, 0.3) is 0 Å². The topological polar surface area (TPSA) is 124 Å². The number of carboxylic acids is 1. The highest BCUT2D eigenvalue weighted by Gasteiger charge is 2.53. The fraction of sp³-hybridized carbons (Fsp3) is 0.690. The summed E-state index contributed by atoms with van der Waals surface area (Å²) in [4.78, 5) is 37.8. The van der Waals surface area contributed by atoms with Gasteiger partial charge in [0.25, 0.3) is 0 Å². The molecule has 1 aromatic carbocycles. The molecule has 3 aliphatic rings. The number of carbonyl (C=O) groups is 3. The van der Waals surface area contributed by atoms with Gasteiger partial charge in [0.1, 0.15) is 18.0 Å². The van der Waals surface area contributed by atoms with Crippen LogP contribution in [0, 0.1) is 0 Å². The number of hydrogen-bond donors (Lipinski definition) is 2. The Morgan fingerprint density at radius 3 is 2.62 bits per heavy atom. The molecule has 2 amide bonds. The SMILES string of the molecule is CC(C)(C)OC(=O)N1CCC2(COCC(=O)N2)C1COC1CCC(c2ccccc2OCCCC(=O)O)CC1. The molecule has 1 saturated carbocycles. The molecular formula is C29H42N2O8. The number of ether oxygens (including phenoxy) is 4. The predicted molar refractivity (Wildman–Crippen MR) is 143 cm³/mol. The molecule has 10 heteroatoms. The summed E-state index contributed by atoms with van der Waals surface area (Å²) in [6, 6.07) is 7.60. The molecule has 2 aliphatic heterocycles. The lowest BCUT2D eigenvalue weighted by atomic mass is 9.82. The Kier molecular flexibility index (Phi) is 9.38. The van der Waals surface area contributed by atoms with Crippen LogP contribution in [0.2, 0.25) is 0 Å². The third-order valence-electron chi connectivity index (χ3n) is 7.74. The Labute approximate surface area is 230 Å². The highest BCUT2D eigenvalue weighted by Crippen LogP contribution is 2.39. The standard InChI is InChI=1S/C29H42N2O8/c1-28(2,3)39-27(35)31-15-14-29(19-36-18-25(32)30-29)24(31)17-38-21-12-10-20(11-13-21)22-7-4-5-8-23(22)37-16-6-9-26(33)34/h4-5,7-8,20-21,24H,6,9-19H2,1-3H3,(H,30,32)(H,33,34). The average Bonchev–Trinajstić information content (AvgIpc) is 3.21. The molecule has 3 fully saturated rings. The number of rotatable bonds is 9. The van der Waals surface area contributed by atoms with Crippen molar-refractivity contribution in [1.29, 1.82) is 0 Å². The van der Waals surface area contributed by atoms with E-state index in [9.17, 15) is 14.4 Å². The number of morpholine rings is 1. The Morgan fingerprint density at radius 1 is 1.18 bits per heavy atom. The molecule has 2 N–H and O–H groups in total. The molecule has 10 nitrogen and oxygen atoms in total. The Morgan fingerprint density at radius 2 is 1.92 bits per heavy atom. The number of benzene rings is 1. The lowest BCUT2D eigenvalue weighted by molar-refractivity contribution is -0.138. The molecular weight excluding hydrogens is 504 g/mol. The van der Waals surface area contributed by atoms with E-state index < -0.39 is 23.2 Å². The maximum atomic E-state index is 13.0. The molecule has 0 aromatic heterocycles. The van der Waals surface area contributed by atoms with Crippen LogP contribution in [0.3, 0.4) is 0 Å². The predicted octanol–water partition coefficient (Wildman–Crippen LogP) is 3.87. The van der Waals surface area contributed by atoms with Crippen LogP contribution in [0.4, 0.5) is 4.79 Å². The van der Waals surface area contributed by atoms with Gasteiger partial charge in [-0.2, -0.15) is 0 Å². The summed E-state index contributed by atoms with van der Waals surface area (Å²) in [5.41, 5.74) is -0.154. The molecule has 0 bridgehead atoms. The third kappa shape index (κ3) is 7.63. The number of carboxylic acid groups (broad SMARTS) is 1. The summed E-state index contributed by atoms with van der Waals surface area (Å²) < 4.78 is 23.6. The molecule has 1 aliphatic carbocycles. The normalized spacial score (nSPS) is 27.3. The van der Waals surface area contributed by atoms with Crippen molar-refractivity contribution in [3.63, 3.8) is 0 Å². The van der Waals surface area contributed by atoms with Gasteiger partial charge in [0.05, 0.1) is 37.5 Å². The van der Waals surface area contributed by atoms with Crippen LogP contribution in [0.5, 0.6) is 5.75 Å². The van der Waals surface area contributed by atoms with Crippen molar-refractivity contribution in [1.82, 2.24) is 10.2 Å². The molecule has 2 atom stereocenters. The lowest BCUT2D eigenvalue weighted by Gasteiger charge is -2.41. The molecule has 2 heterocycles. The number of amides is 2. The molecule has 0 radical (unpaired) electrons. The number of para-hydroxylation sites is 1. The number of aliphatic carboxylic acids is 1. The van der Waals surface area contributed by atoms with Gasteiger partial charge in [-0.05, 0) is 76.8 Å². The fourth-order valence-electron chi connectivity index (χ4n) is 5.84. The van der Waals surface area contributed by atoms with E-state index in [2.05, 4.69) is 11.4 Å². The largest absolute Gasteiger partial charge is 0.493 e. The van der Waals surface area contributed by atoms with E-state index in [1.807, 2.05) is 39.0 Å². The van der Waals surface area contributed by atoms with Crippen molar-refractivity contribution in [2.45, 2.75) is 94.9 Å². The van der Waals surface area contributed by atoms with Crippen molar-refractivity contribution in [2.24, 2.45) is 0 Å². The average molecular weight is 547 g/mol. The van der Waals surface area contributed by atoms with Crippen LogP contribution in [0.1, 0.15) is 77.2 Å². The first kappa shape index (κ1) is 29.1. The van der Waals surface area contributed by atoms with Crippen LogP contribution in [-0.4, -0.2) is 84.2 Å². The van der Waals surface area contributed by atoms with Crippen molar-refractivity contribution in [3.8, 4) is 5.75 Å². The van der Waals surface area contributed by atoms with Gasteiger partial charge >= 0.3 is 12.1 Å². The summed E-state index contributed by atoms with van der Waals surface area (Å²) in [6.45, 7) is 7.00. The zero-order valence-corrected chi connectivity index (χ0v) is 23.3. The Hall–Kier alpha value is -2.85. The Balaban J connectivity index is 1.35. The molecule has 2 saturated heterocycles. The van der Waals surface area contributed by atoms with E-state index in [1.165, 1.54) is 0 Å². The van der Waals surface area contributed by atoms with Crippen LogP contribution >= 0.6 is 0 Å². The van der Waals surface area contributed by atoms with Gasteiger partial charge in [0, 0.05) is 13.0 Å². The molecule has 216 valence electrons. The maximum Gasteiger partial charge on any atom is 0.410 e. The van der Waals surface area contributed by atoms with Crippen LogP contribution in [-0.2, 0) is 23.8 Å². The highest BCUT2D eigenvalue weighted by atomic mass is 16.6. The molecule has 4 rings (SSSR count). The molecule has 2 unspecified atom stereocenters.